The summed E-state index contributed by atoms with van der Waals surface area (Å²) in [7, 11) is 0. The summed E-state index contributed by atoms with van der Waals surface area (Å²) >= 11 is 6.55. The maximum absolute atomic E-state index is 12.4. The molecule has 56 valence electrons. The Kier molecular flexibility index (Phi) is 2.63. The third-order valence-corrected chi connectivity index (χ3v) is 2.38. The van der Waals surface area contributed by atoms with E-state index in [1.54, 1.807) is 6.92 Å². The molecule has 1 aromatic rings. The molecule has 1 nitrogen and oxygen atoms in total. The van der Waals surface area contributed by atoms with Gasteiger partial charge in [0.2, 0.25) is 0 Å². The second-order valence-corrected chi connectivity index (χ2v) is 3.33. The largest absolute Gasteiger partial charge is 0.269 e. The third kappa shape index (κ3) is 1.67. The normalized spacial score (nSPS) is 10.3. The molecule has 0 unspecified atom stereocenters. The van der Waals surface area contributed by atoms with Crippen LogP contribution in [0, 0.1) is 12.2 Å². The minimum Gasteiger partial charge on any atom is -0.215 e. The van der Waals surface area contributed by atoms with Crippen molar-refractivity contribution in [2.45, 2.75) is 13.3 Å². The number of nitrogens with zero attached hydrogens (tertiary/aromatic N) is 1. The lowest BCUT2D eigenvalue weighted by molar-refractivity contribution is 0.614. The van der Waals surface area contributed by atoms with Crippen LogP contribution in [0.15, 0.2) is 0 Å². The first kappa shape index (κ1) is 7.95. The van der Waals surface area contributed by atoms with Crippen molar-refractivity contribution in [3.63, 3.8) is 0 Å². The SMILES string of the molecule is Cc1nc(F)sc1CCCl. The molecule has 0 bridgehead atoms. The maximum Gasteiger partial charge on any atom is 0.269 e. The fourth-order valence-corrected chi connectivity index (χ4v) is 1.79. The first-order chi connectivity index (χ1) is 4.74. The second kappa shape index (κ2) is 3.30. The van der Waals surface area contributed by atoms with Crippen molar-refractivity contribution in [3.8, 4) is 0 Å². The van der Waals surface area contributed by atoms with Crippen molar-refractivity contribution in [2.24, 2.45) is 0 Å². The lowest BCUT2D eigenvalue weighted by Gasteiger charge is -1.88. The molecule has 4 heteroatoms. The van der Waals surface area contributed by atoms with E-state index in [4.69, 9.17) is 11.6 Å². The number of thiazole rings is 1. The highest BCUT2D eigenvalue weighted by Gasteiger charge is 2.04. The van der Waals surface area contributed by atoms with Crippen LogP contribution in [0.4, 0.5) is 4.39 Å². The second-order valence-electron chi connectivity index (χ2n) is 1.91. The van der Waals surface area contributed by atoms with Gasteiger partial charge < -0.3 is 0 Å². The molecule has 0 saturated carbocycles. The smallest absolute Gasteiger partial charge is 0.215 e. The highest BCUT2D eigenvalue weighted by Crippen LogP contribution is 2.16. The van der Waals surface area contributed by atoms with E-state index in [0.717, 1.165) is 28.3 Å². The van der Waals surface area contributed by atoms with E-state index in [2.05, 4.69) is 4.98 Å². The summed E-state index contributed by atoms with van der Waals surface area (Å²) in [6.07, 6.45) is 0.717. The van der Waals surface area contributed by atoms with E-state index in [-0.39, 0.29) is 5.26 Å². The summed E-state index contributed by atoms with van der Waals surface area (Å²) in [5, 5.41) is -0.363. The van der Waals surface area contributed by atoms with Crippen molar-refractivity contribution in [2.75, 3.05) is 5.88 Å². The fraction of sp³-hybridized carbons (Fsp3) is 0.500. The van der Waals surface area contributed by atoms with Crippen LogP contribution < -0.4 is 0 Å². The number of aromatic nitrogens is 1. The first-order valence-electron chi connectivity index (χ1n) is 2.92. The molecular weight excluding hydrogens is 173 g/mol. The summed E-state index contributed by atoms with van der Waals surface area (Å²) in [5.41, 5.74) is 0.767. The fourth-order valence-electron chi connectivity index (χ4n) is 0.710. The predicted molar refractivity (Wildman–Crippen MR) is 41.2 cm³/mol. The van der Waals surface area contributed by atoms with Gasteiger partial charge in [0.15, 0.2) is 0 Å². The van der Waals surface area contributed by atoms with Gasteiger partial charge in [-0.2, -0.15) is 4.39 Å². The Balaban J connectivity index is 2.81. The van der Waals surface area contributed by atoms with E-state index in [1.807, 2.05) is 0 Å². The molecule has 0 N–H and O–H groups in total. The van der Waals surface area contributed by atoms with E-state index in [0.29, 0.717) is 5.88 Å². The quantitative estimate of drug-likeness (QED) is 0.636. The van der Waals surface area contributed by atoms with Crippen molar-refractivity contribution < 1.29 is 4.39 Å². The summed E-state index contributed by atoms with van der Waals surface area (Å²) in [5.74, 6) is 0.530. The van der Waals surface area contributed by atoms with Gasteiger partial charge in [-0.3, -0.25) is 0 Å². The number of rotatable bonds is 2. The molecule has 1 rings (SSSR count). The summed E-state index contributed by atoms with van der Waals surface area (Å²) in [6.45, 7) is 1.79. The van der Waals surface area contributed by atoms with Crippen LogP contribution in [-0.4, -0.2) is 10.9 Å². The topological polar surface area (TPSA) is 12.9 Å². The Morgan fingerprint density at radius 3 is 2.80 bits per heavy atom. The van der Waals surface area contributed by atoms with Crippen molar-refractivity contribution in [1.82, 2.24) is 4.98 Å². The zero-order valence-corrected chi connectivity index (χ0v) is 7.10. The molecule has 0 aliphatic heterocycles. The molecule has 0 spiro atoms. The summed E-state index contributed by atoms with van der Waals surface area (Å²) in [4.78, 5) is 4.57. The molecule has 0 saturated heterocycles. The van der Waals surface area contributed by atoms with E-state index in [9.17, 15) is 4.39 Å². The van der Waals surface area contributed by atoms with Gasteiger partial charge in [0.05, 0.1) is 5.69 Å². The standard InChI is InChI=1S/C6H7ClFNS/c1-4-5(2-3-7)10-6(8)9-4/h2-3H2,1H3. The van der Waals surface area contributed by atoms with Crippen molar-refractivity contribution in [3.05, 3.63) is 15.8 Å². The molecule has 1 aromatic heterocycles. The summed E-state index contributed by atoms with van der Waals surface area (Å²) < 4.78 is 12.4. The van der Waals surface area contributed by atoms with Crippen LogP contribution in [0.25, 0.3) is 0 Å². The molecule has 1 heterocycles. The van der Waals surface area contributed by atoms with Gasteiger partial charge in [0.25, 0.3) is 5.26 Å². The molecule has 0 amide bonds. The number of hydrogen-bond acceptors (Lipinski definition) is 2. The molecular formula is C6H7ClFNS. The van der Waals surface area contributed by atoms with Crippen LogP contribution in [0.5, 0.6) is 0 Å². The van der Waals surface area contributed by atoms with Gasteiger partial charge in [0.1, 0.15) is 0 Å². The number of hydrogen-bond donors (Lipinski definition) is 0. The molecule has 10 heavy (non-hydrogen) atoms. The summed E-state index contributed by atoms with van der Waals surface area (Å²) in [6, 6.07) is 0. The third-order valence-electron chi connectivity index (χ3n) is 1.19. The van der Waals surface area contributed by atoms with Crippen molar-refractivity contribution in [1.29, 1.82) is 0 Å². The first-order valence-corrected chi connectivity index (χ1v) is 4.27. The molecule has 0 aromatic carbocycles. The minimum atomic E-state index is -0.363. The lowest BCUT2D eigenvalue weighted by Crippen LogP contribution is -1.83. The Labute approximate surface area is 67.9 Å². The van der Waals surface area contributed by atoms with Crippen LogP contribution in [-0.2, 0) is 6.42 Å². The highest BCUT2D eigenvalue weighted by molar-refractivity contribution is 7.10. The van der Waals surface area contributed by atoms with Gasteiger partial charge in [0, 0.05) is 10.8 Å². The zero-order valence-electron chi connectivity index (χ0n) is 5.53. The number of alkyl halides is 1. The van der Waals surface area contributed by atoms with E-state index >= 15 is 0 Å². The average molecular weight is 180 g/mol. The Morgan fingerprint density at radius 2 is 2.40 bits per heavy atom. The number of halogens is 2. The molecule has 0 radical (unpaired) electrons. The van der Waals surface area contributed by atoms with Crippen LogP contribution in [0.3, 0.4) is 0 Å². The lowest BCUT2D eigenvalue weighted by atomic mass is 10.3. The maximum atomic E-state index is 12.4. The molecule has 0 aliphatic rings. The van der Waals surface area contributed by atoms with Gasteiger partial charge in [-0.05, 0) is 13.3 Å². The Bertz CT molecular complexity index is 224. The van der Waals surface area contributed by atoms with Crippen molar-refractivity contribution >= 4 is 22.9 Å². The highest BCUT2D eigenvalue weighted by atomic mass is 35.5. The van der Waals surface area contributed by atoms with Crippen LogP contribution in [0.2, 0.25) is 0 Å². The van der Waals surface area contributed by atoms with E-state index < -0.39 is 0 Å². The monoisotopic (exact) mass is 179 g/mol. The zero-order chi connectivity index (χ0) is 7.56. The van der Waals surface area contributed by atoms with Gasteiger partial charge in [-0.25, -0.2) is 4.98 Å². The van der Waals surface area contributed by atoms with Gasteiger partial charge in [-0.15, -0.1) is 11.6 Å². The average Bonchev–Trinajstić information content (AvgIpc) is 2.13. The van der Waals surface area contributed by atoms with Gasteiger partial charge in [-0.1, -0.05) is 11.3 Å². The number of aryl methyl sites for hydroxylation is 2. The Morgan fingerprint density at radius 1 is 1.70 bits per heavy atom. The molecule has 0 aliphatic carbocycles. The van der Waals surface area contributed by atoms with Gasteiger partial charge >= 0.3 is 0 Å². The predicted octanol–water partition coefficient (Wildman–Crippen LogP) is 2.37. The van der Waals surface area contributed by atoms with E-state index in [1.165, 1.54) is 0 Å². The molecule has 0 atom stereocenters. The minimum absolute atomic E-state index is 0.363. The van der Waals surface area contributed by atoms with Crippen LogP contribution >= 0.6 is 22.9 Å². The molecule has 0 fully saturated rings. The van der Waals surface area contributed by atoms with Crippen LogP contribution in [0.1, 0.15) is 10.6 Å². The Hall–Kier alpha value is -0.150.